The SMILES string of the molecule is Cc1cccc(Nc2cc(C(=O)N3CCC(C)CC3)nc3ccccc23)c1. The number of amides is 1. The Morgan fingerprint density at radius 2 is 1.85 bits per heavy atom. The summed E-state index contributed by atoms with van der Waals surface area (Å²) in [6.45, 7) is 5.95. The van der Waals surface area contributed by atoms with Crippen molar-refractivity contribution in [2.75, 3.05) is 18.4 Å². The summed E-state index contributed by atoms with van der Waals surface area (Å²) < 4.78 is 0. The normalized spacial score (nSPS) is 15.1. The molecule has 4 heteroatoms. The number of likely N-dealkylation sites (tertiary alicyclic amines) is 1. The molecule has 27 heavy (non-hydrogen) atoms. The summed E-state index contributed by atoms with van der Waals surface area (Å²) in [7, 11) is 0. The fourth-order valence-corrected chi connectivity index (χ4v) is 3.64. The maximum Gasteiger partial charge on any atom is 0.272 e. The second kappa shape index (κ2) is 7.39. The van der Waals surface area contributed by atoms with Gasteiger partial charge in [0, 0.05) is 24.2 Å². The molecule has 0 bridgehead atoms. The first kappa shape index (κ1) is 17.5. The highest BCUT2D eigenvalue weighted by atomic mass is 16.2. The van der Waals surface area contributed by atoms with Gasteiger partial charge >= 0.3 is 0 Å². The van der Waals surface area contributed by atoms with Gasteiger partial charge < -0.3 is 10.2 Å². The lowest BCUT2D eigenvalue weighted by atomic mass is 9.99. The van der Waals surface area contributed by atoms with E-state index in [2.05, 4.69) is 36.3 Å². The van der Waals surface area contributed by atoms with E-state index in [1.807, 2.05) is 47.4 Å². The molecular formula is C23H25N3O. The molecule has 1 fully saturated rings. The third kappa shape index (κ3) is 3.80. The maximum absolute atomic E-state index is 13.0. The van der Waals surface area contributed by atoms with Crippen LogP contribution in [0.1, 0.15) is 35.8 Å². The number of pyridine rings is 1. The first-order chi connectivity index (χ1) is 13.1. The molecule has 1 aromatic heterocycles. The van der Waals surface area contributed by atoms with Crippen LogP contribution in [-0.4, -0.2) is 28.9 Å². The van der Waals surface area contributed by atoms with Gasteiger partial charge in [0.2, 0.25) is 0 Å². The molecule has 4 rings (SSSR count). The molecular weight excluding hydrogens is 334 g/mol. The van der Waals surface area contributed by atoms with Crippen molar-refractivity contribution in [3.05, 3.63) is 65.9 Å². The topological polar surface area (TPSA) is 45.2 Å². The van der Waals surface area contributed by atoms with Crippen LogP contribution >= 0.6 is 0 Å². The number of carbonyl (C=O) groups excluding carboxylic acids is 1. The molecule has 0 spiro atoms. The van der Waals surface area contributed by atoms with E-state index in [0.717, 1.165) is 48.2 Å². The number of aromatic nitrogens is 1. The summed E-state index contributed by atoms with van der Waals surface area (Å²) in [6, 6.07) is 18.1. The van der Waals surface area contributed by atoms with Crippen LogP contribution in [0.3, 0.4) is 0 Å². The largest absolute Gasteiger partial charge is 0.355 e. The van der Waals surface area contributed by atoms with E-state index >= 15 is 0 Å². The lowest BCUT2D eigenvalue weighted by Crippen LogP contribution is -2.38. The Labute approximate surface area is 160 Å². The van der Waals surface area contributed by atoms with E-state index in [9.17, 15) is 4.79 Å². The van der Waals surface area contributed by atoms with E-state index in [0.29, 0.717) is 11.6 Å². The number of anilines is 2. The molecule has 0 unspecified atom stereocenters. The number of piperidine rings is 1. The van der Waals surface area contributed by atoms with Gasteiger partial charge in [-0.05, 0) is 55.5 Å². The number of hydrogen-bond acceptors (Lipinski definition) is 3. The van der Waals surface area contributed by atoms with Crippen molar-refractivity contribution in [3.8, 4) is 0 Å². The van der Waals surface area contributed by atoms with Crippen LogP contribution in [0.15, 0.2) is 54.6 Å². The maximum atomic E-state index is 13.0. The molecule has 1 aliphatic heterocycles. The van der Waals surface area contributed by atoms with E-state index < -0.39 is 0 Å². The van der Waals surface area contributed by atoms with Crippen molar-refractivity contribution >= 4 is 28.2 Å². The smallest absolute Gasteiger partial charge is 0.272 e. The number of carbonyl (C=O) groups is 1. The third-order valence-corrected chi connectivity index (χ3v) is 5.30. The Bertz CT molecular complexity index is 974. The second-order valence-corrected chi connectivity index (χ2v) is 7.54. The van der Waals surface area contributed by atoms with E-state index in [1.165, 1.54) is 5.56 Å². The number of aryl methyl sites for hydroxylation is 1. The molecule has 1 saturated heterocycles. The monoisotopic (exact) mass is 359 g/mol. The van der Waals surface area contributed by atoms with Gasteiger partial charge in [-0.1, -0.05) is 37.3 Å². The fraction of sp³-hybridized carbons (Fsp3) is 0.304. The zero-order valence-corrected chi connectivity index (χ0v) is 15.9. The van der Waals surface area contributed by atoms with Crippen LogP contribution in [0, 0.1) is 12.8 Å². The van der Waals surface area contributed by atoms with Crippen molar-refractivity contribution in [3.63, 3.8) is 0 Å². The average molecular weight is 359 g/mol. The first-order valence-corrected chi connectivity index (χ1v) is 9.63. The van der Waals surface area contributed by atoms with Crippen molar-refractivity contribution in [1.82, 2.24) is 9.88 Å². The minimum atomic E-state index is 0.0277. The predicted octanol–water partition coefficient (Wildman–Crippen LogP) is 5.16. The van der Waals surface area contributed by atoms with Gasteiger partial charge in [0.25, 0.3) is 5.91 Å². The number of fused-ring (bicyclic) bond motifs is 1. The predicted molar refractivity (Wildman–Crippen MR) is 111 cm³/mol. The lowest BCUT2D eigenvalue weighted by molar-refractivity contribution is 0.0692. The fourth-order valence-electron chi connectivity index (χ4n) is 3.64. The number of nitrogens with one attached hydrogen (secondary N) is 1. The molecule has 1 amide bonds. The molecule has 2 aromatic carbocycles. The molecule has 4 nitrogen and oxygen atoms in total. The number of benzene rings is 2. The summed E-state index contributed by atoms with van der Waals surface area (Å²) >= 11 is 0. The summed E-state index contributed by atoms with van der Waals surface area (Å²) in [5, 5.41) is 4.50. The van der Waals surface area contributed by atoms with Crippen molar-refractivity contribution in [2.24, 2.45) is 5.92 Å². The highest BCUT2D eigenvalue weighted by Crippen LogP contribution is 2.28. The molecule has 138 valence electrons. The summed E-state index contributed by atoms with van der Waals surface area (Å²) in [5.41, 5.74) is 4.47. The molecule has 3 aromatic rings. The van der Waals surface area contributed by atoms with E-state index in [-0.39, 0.29) is 5.91 Å². The molecule has 0 radical (unpaired) electrons. The minimum Gasteiger partial charge on any atom is -0.355 e. The quantitative estimate of drug-likeness (QED) is 0.702. The van der Waals surface area contributed by atoms with Gasteiger partial charge in [-0.15, -0.1) is 0 Å². The first-order valence-electron chi connectivity index (χ1n) is 9.63. The number of para-hydroxylation sites is 1. The Balaban J connectivity index is 1.71. The van der Waals surface area contributed by atoms with Crippen LogP contribution in [0.25, 0.3) is 10.9 Å². The van der Waals surface area contributed by atoms with Crippen LogP contribution in [-0.2, 0) is 0 Å². The zero-order valence-electron chi connectivity index (χ0n) is 15.9. The standard InChI is InChI=1S/C23H25N3O/c1-16-10-12-26(13-11-16)23(27)22-15-21(19-8-3-4-9-20(19)25-22)24-18-7-5-6-17(2)14-18/h3-9,14-16H,10-13H2,1-2H3,(H,24,25). The Kier molecular flexibility index (Phi) is 4.80. The molecule has 0 aliphatic carbocycles. The van der Waals surface area contributed by atoms with Gasteiger partial charge in [-0.25, -0.2) is 4.98 Å². The molecule has 1 aliphatic rings. The van der Waals surface area contributed by atoms with Crippen molar-refractivity contribution < 1.29 is 4.79 Å². The Hall–Kier alpha value is -2.88. The van der Waals surface area contributed by atoms with Crippen LogP contribution < -0.4 is 5.32 Å². The third-order valence-electron chi connectivity index (χ3n) is 5.30. The van der Waals surface area contributed by atoms with Gasteiger partial charge in [-0.3, -0.25) is 4.79 Å². The highest BCUT2D eigenvalue weighted by molar-refractivity contribution is 6.00. The molecule has 0 saturated carbocycles. The average Bonchev–Trinajstić information content (AvgIpc) is 2.68. The zero-order chi connectivity index (χ0) is 18.8. The Morgan fingerprint density at radius 1 is 1.07 bits per heavy atom. The Morgan fingerprint density at radius 3 is 2.63 bits per heavy atom. The van der Waals surface area contributed by atoms with Gasteiger partial charge in [0.15, 0.2) is 0 Å². The number of rotatable bonds is 3. The number of hydrogen-bond donors (Lipinski definition) is 1. The van der Waals surface area contributed by atoms with E-state index in [1.54, 1.807) is 0 Å². The van der Waals surface area contributed by atoms with Gasteiger partial charge in [0.1, 0.15) is 5.69 Å². The van der Waals surface area contributed by atoms with E-state index in [4.69, 9.17) is 0 Å². The summed E-state index contributed by atoms with van der Waals surface area (Å²) in [6.07, 6.45) is 2.13. The summed E-state index contributed by atoms with van der Waals surface area (Å²) in [5.74, 6) is 0.720. The van der Waals surface area contributed by atoms with Crippen LogP contribution in [0.5, 0.6) is 0 Å². The molecule has 0 atom stereocenters. The van der Waals surface area contributed by atoms with Crippen molar-refractivity contribution in [1.29, 1.82) is 0 Å². The summed E-state index contributed by atoms with van der Waals surface area (Å²) in [4.78, 5) is 19.6. The van der Waals surface area contributed by atoms with Crippen LogP contribution in [0.2, 0.25) is 0 Å². The minimum absolute atomic E-state index is 0.0277. The van der Waals surface area contributed by atoms with Gasteiger partial charge in [0.05, 0.1) is 11.2 Å². The van der Waals surface area contributed by atoms with Gasteiger partial charge in [-0.2, -0.15) is 0 Å². The van der Waals surface area contributed by atoms with Crippen LogP contribution in [0.4, 0.5) is 11.4 Å². The number of nitrogens with zero attached hydrogens (tertiary/aromatic N) is 2. The second-order valence-electron chi connectivity index (χ2n) is 7.54. The van der Waals surface area contributed by atoms with Crippen molar-refractivity contribution in [2.45, 2.75) is 26.7 Å². The molecule has 1 N–H and O–H groups in total. The molecule has 2 heterocycles. The lowest BCUT2D eigenvalue weighted by Gasteiger charge is -2.30. The highest BCUT2D eigenvalue weighted by Gasteiger charge is 2.23.